The minimum Gasteiger partial charge on any atom is -0.384 e. The summed E-state index contributed by atoms with van der Waals surface area (Å²) in [5.41, 5.74) is 9.06. The second-order valence-electron chi connectivity index (χ2n) is 5.32. The van der Waals surface area contributed by atoms with E-state index in [1.807, 2.05) is 31.2 Å². The number of anilines is 2. The van der Waals surface area contributed by atoms with E-state index >= 15 is 0 Å². The summed E-state index contributed by atoms with van der Waals surface area (Å²) in [5, 5.41) is 2.96. The molecule has 0 aliphatic heterocycles. The van der Waals surface area contributed by atoms with Gasteiger partial charge < -0.3 is 11.1 Å². The van der Waals surface area contributed by atoms with E-state index in [1.54, 1.807) is 12.1 Å². The standard InChI is InChI=1S/C17H21N3O/c1-4-13-9-12(10-16(18)19-13)17(21)20-15-8-6-5-7-14(15)11(2)3/h5-11H,4H2,1-3H3,(H2,18,19)(H,20,21). The van der Waals surface area contributed by atoms with Crippen LogP contribution in [0.4, 0.5) is 11.5 Å². The molecule has 0 radical (unpaired) electrons. The van der Waals surface area contributed by atoms with Crippen molar-refractivity contribution in [3.8, 4) is 0 Å². The number of carbonyl (C=O) groups excluding carboxylic acids is 1. The van der Waals surface area contributed by atoms with Crippen LogP contribution in [0, 0.1) is 0 Å². The van der Waals surface area contributed by atoms with Crippen LogP contribution in [0.15, 0.2) is 36.4 Å². The largest absolute Gasteiger partial charge is 0.384 e. The van der Waals surface area contributed by atoms with Gasteiger partial charge in [0.05, 0.1) is 0 Å². The Bertz CT molecular complexity index is 650. The molecule has 1 aromatic heterocycles. The molecule has 1 aromatic carbocycles. The SMILES string of the molecule is CCc1cc(C(=O)Nc2ccccc2C(C)C)cc(N)n1. The molecule has 1 amide bonds. The van der Waals surface area contributed by atoms with Crippen LogP contribution in [-0.2, 0) is 6.42 Å². The summed E-state index contributed by atoms with van der Waals surface area (Å²) >= 11 is 0. The fourth-order valence-electron chi connectivity index (χ4n) is 2.23. The highest BCUT2D eigenvalue weighted by Gasteiger charge is 2.12. The lowest BCUT2D eigenvalue weighted by atomic mass is 10.0. The summed E-state index contributed by atoms with van der Waals surface area (Å²) < 4.78 is 0. The summed E-state index contributed by atoms with van der Waals surface area (Å²) in [7, 11) is 0. The molecule has 0 unspecified atom stereocenters. The van der Waals surface area contributed by atoms with Crippen molar-refractivity contribution in [2.75, 3.05) is 11.1 Å². The monoisotopic (exact) mass is 283 g/mol. The number of amides is 1. The highest BCUT2D eigenvalue weighted by atomic mass is 16.1. The van der Waals surface area contributed by atoms with E-state index in [9.17, 15) is 4.79 Å². The van der Waals surface area contributed by atoms with Gasteiger partial charge in [-0.15, -0.1) is 0 Å². The second-order valence-corrected chi connectivity index (χ2v) is 5.32. The zero-order valence-corrected chi connectivity index (χ0v) is 12.7. The topological polar surface area (TPSA) is 68.0 Å². The molecule has 2 aromatic rings. The number of nitrogens with two attached hydrogens (primary N) is 1. The van der Waals surface area contributed by atoms with Crippen molar-refractivity contribution in [3.05, 3.63) is 53.2 Å². The molecule has 0 bridgehead atoms. The lowest BCUT2D eigenvalue weighted by Gasteiger charge is -2.14. The lowest BCUT2D eigenvalue weighted by molar-refractivity contribution is 0.102. The molecule has 0 fully saturated rings. The van der Waals surface area contributed by atoms with E-state index in [0.29, 0.717) is 17.3 Å². The van der Waals surface area contributed by atoms with E-state index in [2.05, 4.69) is 24.1 Å². The van der Waals surface area contributed by atoms with Gasteiger partial charge in [0, 0.05) is 16.9 Å². The first-order chi connectivity index (χ1) is 10.0. The van der Waals surface area contributed by atoms with Crippen molar-refractivity contribution in [2.24, 2.45) is 0 Å². The Kier molecular flexibility index (Phi) is 4.58. The Balaban J connectivity index is 2.28. The van der Waals surface area contributed by atoms with Gasteiger partial charge in [-0.05, 0) is 36.1 Å². The van der Waals surface area contributed by atoms with Gasteiger partial charge in [-0.1, -0.05) is 39.0 Å². The van der Waals surface area contributed by atoms with Crippen molar-refractivity contribution in [3.63, 3.8) is 0 Å². The number of hydrogen-bond acceptors (Lipinski definition) is 3. The summed E-state index contributed by atoms with van der Waals surface area (Å²) in [4.78, 5) is 16.6. The van der Waals surface area contributed by atoms with Gasteiger partial charge >= 0.3 is 0 Å². The van der Waals surface area contributed by atoms with E-state index in [4.69, 9.17) is 5.73 Å². The van der Waals surface area contributed by atoms with Crippen molar-refractivity contribution in [2.45, 2.75) is 33.1 Å². The summed E-state index contributed by atoms with van der Waals surface area (Å²) in [6, 6.07) is 11.2. The maximum Gasteiger partial charge on any atom is 0.255 e. The molecular formula is C17H21N3O. The second kappa shape index (κ2) is 6.39. The first-order valence-corrected chi connectivity index (χ1v) is 7.18. The van der Waals surface area contributed by atoms with Crippen molar-refractivity contribution in [1.29, 1.82) is 0 Å². The Morgan fingerprint density at radius 1 is 1.29 bits per heavy atom. The number of nitrogen functional groups attached to an aromatic ring is 1. The van der Waals surface area contributed by atoms with Crippen LogP contribution in [0.25, 0.3) is 0 Å². The third-order valence-corrected chi connectivity index (χ3v) is 3.35. The molecule has 4 heteroatoms. The van der Waals surface area contributed by atoms with E-state index in [-0.39, 0.29) is 5.91 Å². The Morgan fingerprint density at radius 3 is 2.67 bits per heavy atom. The van der Waals surface area contributed by atoms with Gasteiger partial charge in [-0.3, -0.25) is 4.79 Å². The lowest BCUT2D eigenvalue weighted by Crippen LogP contribution is -2.15. The zero-order chi connectivity index (χ0) is 15.4. The predicted molar refractivity (Wildman–Crippen MR) is 86.5 cm³/mol. The Hall–Kier alpha value is -2.36. The molecule has 0 spiro atoms. The van der Waals surface area contributed by atoms with Gasteiger partial charge in [-0.25, -0.2) is 4.98 Å². The summed E-state index contributed by atoms with van der Waals surface area (Å²) in [6.07, 6.45) is 0.744. The predicted octanol–water partition coefficient (Wildman–Crippen LogP) is 3.60. The molecule has 3 N–H and O–H groups in total. The van der Waals surface area contributed by atoms with Crippen molar-refractivity contribution >= 4 is 17.4 Å². The van der Waals surface area contributed by atoms with Crippen LogP contribution in [-0.4, -0.2) is 10.9 Å². The quantitative estimate of drug-likeness (QED) is 0.900. The number of nitrogens with one attached hydrogen (secondary N) is 1. The first-order valence-electron chi connectivity index (χ1n) is 7.18. The molecule has 4 nitrogen and oxygen atoms in total. The van der Waals surface area contributed by atoms with Crippen LogP contribution in [0.3, 0.4) is 0 Å². The number of pyridine rings is 1. The van der Waals surface area contributed by atoms with Gasteiger partial charge in [0.1, 0.15) is 5.82 Å². The summed E-state index contributed by atoms with van der Waals surface area (Å²) in [5.74, 6) is 0.554. The van der Waals surface area contributed by atoms with Crippen LogP contribution in [0.1, 0.15) is 48.3 Å². The smallest absolute Gasteiger partial charge is 0.255 e. The van der Waals surface area contributed by atoms with Gasteiger partial charge in [-0.2, -0.15) is 0 Å². The van der Waals surface area contributed by atoms with E-state index in [0.717, 1.165) is 23.4 Å². The Labute approximate surface area is 125 Å². The fraction of sp³-hybridized carbons (Fsp3) is 0.294. The van der Waals surface area contributed by atoms with E-state index in [1.165, 1.54) is 0 Å². The van der Waals surface area contributed by atoms with E-state index < -0.39 is 0 Å². The fourth-order valence-corrected chi connectivity index (χ4v) is 2.23. The van der Waals surface area contributed by atoms with Crippen LogP contribution < -0.4 is 11.1 Å². The van der Waals surface area contributed by atoms with Gasteiger partial charge in [0.15, 0.2) is 0 Å². The number of nitrogens with zero attached hydrogens (tertiary/aromatic N) is 1. The third-order valence-electron chi connectivity index (χ3n) is 3.35. The average molecular weight is 283 g/mol. The highest BCUT2D eigenvalue weighted by Crippen LogP contribution is 2.24. The number of aryl methyl sites for hydroxylation is 1. The minimum atomic E-state index is -0.160. The van der Waals surface area contributed by atoms with Crippen molar-refractivity contribution in [1.82, 2.24) is 4.98 Å². The maximum atomic E-state index is 12.4. The molecule has 1 heterocycles. The van der Waals surface area contributed by atoms with Crippen LogP contribution in [0.2, 0.25) is 0 Å². The molecule has 0 atom stereocenters. The van der Waals surface area contributed by atoms with Crippen molar-refractivity contribution < 1.29 is 4.79 Å². The molecular weight excluding hydrogens is 262 g/mol. The molecule has 0 aliphatic rings. The molecule has 2 rings (SSSR count). The molecule has 0 saturated carbocycles. The molecule has 110 valence electrons. The molecule has 0 saturated heterocycles. The average Bonchev–Trinajstić information content (AvgIpc) is 2.46. The number of benzene rings is 1. The Morgan fingerprint density at radius 2 is 2.00 bits per heavy atom. The normalized spacial score (nSPS) is 10.7. The number of carbonyl (C=O) groups is 1. The zero-order valence-electron chi connectivity index (χ0n) is 12.7. The van der Waals surface area contributed by atoms with Crippen LogP contribution in [0.5, 0.6) is 0 Å². The van der Waals surface area contributed by atoms with Gasteiger partial charge in [0.2, 0.25) is 0 Å². The third kappa shape index (κ3) is 3.60. The number of rotatable bonds is 4. The number of aromatic nitrogens is 1. The molecule has 21 heavy (non-hydrogen) atoms. The number of hydrogen-bond donors (Lipinski definition) is 2. The molecule has 0 aliphatic carbocycles. The highest BCUT2D eigenvalue weighted by molar-refractivity contribution is 6.05. The summed E-state index contributed by atoms with van der Waals surface area (Å²) in [6.45, 7) is 6.19. The first kappa shape index (κ1) is 15.0. The van der Waals surface area contributed by atoms with Gasteiger partial charge in [0.25, 0.3) is 5.91 Å². The maximum absolute atomic E-state index is 12.4. The van der Waals surface area contributed by atoms with Crippen LogP contribution >= 0.6 is 0 Å². The minimum absolute atomic E-state index is 0.160. The number of para-hydroxylation sites is 1.